The van der Waals surface area contributed by atoms with Gasteiger partial charge in [0.2, 0.25) is 0 Å². The van der Waals surface area contributed by atoms with Crippen molar-refractivity contribution in [2.45, 2.75) is 13.0 Å². The first kappa shape index (κ1) is 24.5. The number of rotatable bonds is 2. The summed E-state index contributed by atoms with van der Waals surface area (Å²) >= 11 is 0. The Hall–Kier alpha value is -4.84. The van der Waals surface area contributed by atoms with Gasteiger partial charge in [0.25, 0.3) is 0 Å². The molecule has 0 saturated carbocycles. The molecule has 0 bridgehead atoms. The summed E-state index contributed by atoms with van der Waals surface area (Å²) in [5.74, 6) is 0. The highest BCUT2D eigenvalue weighted by Crippen LogP contribution is 2.37. The molecular weight excluding hydrogens is 484 g/mol. The van der Waals surface area contributed by atoms with Gasteiger partial charge in [-0.1, -0.05) is 84.9 Å². The Kier molecular flexibility index (Phi) is 6.59. The molecule has 1 fully saturated rings. The lowest BCUT2D eigenvalue weighted by atomic mass is 10.1. The highest BCUT2D eigenvalue weighted by atomic mass is 16.2. The first-order chi connectivity index (χ1) is 19.1. The molecule has 1 saturated heterocycles. The molecule has 4 aromatic rings. The first-order valence-corrected chi connectivity index (χ1v) is 13.3. The molecule has 1 atom stereocenters. The van der Waals surface area contributed by atoms with E-state index in [2.05, 4.69) is 12.2 Å². The summed E-state index contributed by atoms with van der Waals surface area (Å²) in [5, 5.41) is 0. The van der Waals surface area contributed by atoms with Crippen molar-refractivity contribution in [2.24, 2.45) is 0 Å². The minimum absolute atomic E-state index is 0.0822. The summed E-state index contributed by atoms with van der Waals surface area (Å²) < 4.78 is 0. The zero-order chi connectivity index (χ0) is 26.8. The van der Waals surface area contributed by atoms with E-state index in [4.69, 9.17) is 0 Å². The van der Waals surface area contributed by atoms with Crippen molar-refractivity contribution in [3.63, 3.8) is 0 Å². The molecule has 39 heavy (non-hydrogen) atoms. The van der Waals surface area contributed by atoms with E-state index >= 15 is 0 Å². The third-order valence-corrected chi connectivity index (χ3v) is 7.35. The summed E-state index contributed by atoms with van der Waals surface area (Å²) in [4.78, 5) is 35.4. The maximum Gasteiger partial charge on any atom is 0.329 e. The van der Waals surface area contributed by atoms with Gasteiger partial charge in [-0.2, -0.15) is 0 Å². The summed E-state index contributed by atoms with van der Waals surface area (Å²) in [6.07, 6.45) is 4.12. The van der Waals surface area contributed by atoms with Gasteiger partial charge in [-0.3, -0.25) is 9.80 Å². The fourth-order valence-corrected chi connectivity index (χ4v) is 5.39. The van der Waals surface area contributed by atoms with E-state index in [0.717, 1.165) is 33.9 Å². The van der Waals surface area contributed by atoms with Gasteiger partial charge < -0.3 is 9.80 Å². The van der Waals surface area contributed by atoms with Gasteiger partial charge in [0.15, 0.2) is 0 Å². The Morgan fingerprint density at radius 1 is 0.667 bits per heavy atom. The van der Waals surface area contributed by atoms with Crippen LogP contribution in [0.5, 0.6) is 0 Å². The number of benzene rings is 4. The summed E-state index contributed by atoms with van der Waals surface area (Å²) in [7, 11) is 0. The lowest BCUT2D eigenvalue weighted by molar-refractivity contribution is 0.120. The van der Waals surface area contributed by atoms with Gasteiger partial charge in [0.1, 0.15) is 0 Å². The van der Waals surface area contributed by atoms with Gasteiger partial charge in [-0.15, -0.1) is 0 Å². The molecule has 2 aliphatic rings. The monoisotopic (exact) mass is 514 g/mol. The predicted molar refractivity (Wildman–Crippen MR) is 158 cm³/mol. The molecular formula is C33H30N4O2. The van der Waals surface area contributed by atoms with Crippen LogP contribution in [0.25, 0.3) is 12.2 Å². The topological polar surface area (TPSA) is 47.1 Å². The number of anilines is 4. The lowest BCUT2D eigenvalue weighted by Crippen LogP contribution is -2.59. The Morgan fingerprint density at radius 3 is 1.67 bits per heavy atom. The molecule has 2 heterocycles. The Labute approximate surface area is 229 Å². The number of para-hydroxylation sites is 4. The molecule has 0 unspecified atom stereocenters. The summed E-state index contributed by atoms with van der Waals surface area (Å²) in [6, 6.07) is 35.0. The van der Waals surface area contributed by atoms with E-state index in [9.17, 15) is 9.59 Å². The lowest BCUT2D eigenvalue weighted by Gasteiger charge is -2.43. The zero-order valence-electron chi connectivity index (χ0n) is 21.9. The average Bonchev–Trinajstić information content (AvgIpc) is 3.15. The maximum absolute atomic E-state index is 14.2. The molecule has 0 aromatic heterocycles. The SMILES string of the molecule is C[C@@H]1CN(C(=O)N(c2ccccc2)c2ccccc2)CCN1C(=O)N1c2ccccc2C=Cc2ccccc21. The second-order valence-corrected chi connectivity index (χ2v) is 9.85. The van der Waals surface area contributed by atoms with Crippen molar-refractivity contribution >= 4 is 47.0 Å². The van der Waals surface area contributed by atoms with Gasteiger partial charge in [0, 0.05) is 25.7 Å². The number of hydrogen-bond acceptors (Lipinski definition) is 2. The Morgan fingerprint density at radius 2 is 1.15 bits per heavy atom. The van der Waals surface area contributed by atoms with Crippen molar-refractivity contribution in [1.29, 1.82) is 0 Å². The second-order valence-electron chi connectivity index (χ2n) is 9.85. The normalized spacial score (nSPS) is 16.2. The van der Waals surface area contributed by atoms with Crippen LogP contribution in [-0.2, 0) is 0 Å². The van der Waals surface area contributed by atoms with Crippen LogP contribution in [0.2, 0.25) is 0 Å². The first-order valence-electron chi connectivity index (χ1n) is 13.3. The van der Waals surface area contributed by atoms with Crippen LogP contribution >= 0.6 is 0 Å². The fraction of sp³-hybridized carbons (Fsp3) is 0.152. The van der Waals surface area contributed by atoms with Crippen molar-refractivity contribution in [1.82, 2.24) is 9.80 Å². The number of fused-ring (bicyclic) bond motifs is 2. The molecule has 0 radical (unpaired) electrons. The number of hydrogen-bond donors (Lipinski definition) is 0. The standard InChI is InChI=1S/C33H30N4O2/c1-25-24-34(32(38)36(28-14-4-2-5-15-28)29-16-6-3-7-17-29)22-23-35(25)33(39)37-30-18-10-8-12-26(30)20-21-27-13-9-11-19-31(27)37/h2-21,25H,22-24H2,1H3/t25-/m1/s1. The molecule has 2 aliphatic heterocycles. The van der Waals surface area contributed by atoms with E-state index < -0.39 is 0 Å². The second kappa shape index (κ2) is 10.5. The van der Waals surface area contributed by atoms with E-state index in [1.54, 1.807) is 4.90 Å². The van der Waals surface area contributed by atoms with E-state index in [0.29, 0.717) is 19.6 Å². The van der Waals surface area contributed by atoms with Gasteiger partial charge in [-0.25, -0.2) is 9.59 Å². The molecule has 4 amide bonds. The van der Waals surface area contributed by atoms with Crippen LogP contribution in [0.3, 0.4) is 0 Å². The minimum atomic E-state index is -0.167. The molecule has 0 N–H and O–H groups in total. The molecule has 6 rings (SSSR count). The smallest absolute Gasteiger partial charge is 0.320 e. The molecule has 0 spiro atoms. The number of carbonyl (C=O) groups is 2. The van der Waals surface area contributed by atoms with Crippen LogP contribution < -0.4 is 9.80 Å². The number of piperazine rings is 1. The van der Waals surface area contributed by atoms with Gasteiger partial charge >= 0.3 is 12.1 Å². The number of carbonyl (C=O) groups excluding carboxylic acids is 2. The Balaban J connectivity index is 1.27. The maximum atomic E-state index is 14.2. The van der Waals surface area contributed by atoms with E-state index in [1.165, 1.54) is 0 Å². The van der Waals surface area contributed by atoms with E-state index in [-0.39, 0.29) is 18.1 Å². The molecule has 6 nitrogen and oxygen atoms in total. The highest BCUT2D eigenvalue weighted by molar-refractivity contribution is 6.06. The van der Waals surface area contributed by atoms with Crippen molar-refractivity contribution in [3.05, 3.63) is 120 Å². The predicted octanol–water partition coefficient (Wildman–Crippen LogP) is 7.39. The van der Waals surface area contributed by atoms with Crippen molar-refractivity contribution < 1.29 is 9.59 Å². The van der Waals surface area contributed by atoms with E-state index in [1.807, 2.05) is 131 Å². The number of amides is 4. The van der Waals surface area contributed by atoms with Crippen LogP contribution in [-0.4, -0.2) is 47.5 Å². The highest BCUT2D eigenvalue weighted by Gasteiger charge is 2.36. The van der Waals surface area contributed by atoms with Crippen LogP contribution in [0.1, 0.15) is 18.1 Å². The third-order valence-electron chi connectivity index (χ3n) is 7.35. The quantitative estimate of drug-likeness (QED) is 0.280. The number of nitrogens with zero attached hydrogens (tertiary/aromatic N) is 4. The summed E-state index contributed by atoms with van der Waals surface area (Å²) in [5.41, 5.74) is 5.31. The van der Waals surface area contributed by atoms with Crippen LogP contribution in [0.4, 0.5) is 32.3 Å². The zero-order valence-corrected chi connectivity index (χ0v) is 21.9. The minimum Gasteiger partial charge on any atom is -0.320 e. The molecule has 194 valence electrons. The van der Waals surface area contributed by atoms with Crippen LogP contribution in [0.15, 0.2) is 109 Å². The molecule has 6 heteroatoms. The van der Waals surface area contributed by atoms with Crippen molar-refractivity contribution in [3.8, 4) is 0 Å². The molecule has 4 aromatic carbocycles. The molecule has 0 aliphatic carbocycles. The fourth-order valence-electron chi connectivity index (χ4n) is 5.39. The van der Waals surface area contributed by atoms with Crippen molar-refractivity contribution in [2.75, 3.05) is 29.4 Å². The van der Waals surface area contributed by atoms with Gasteiger partial charge in [0.05, 0.1) is 22.7 Å². The largest absolute Gasteiger partial charge is 0.329 e. The van der Waals surface area contributed by atoms with Crippen LogP contribution in [0, 0.1) is 0 Å². The van der Waals surface area contributed by atoms with Gasteiger partial charge in [-0.05, 0) is 54.4 Å². The summed E-state index contributed by atoms with van der Waals surface area (Å²) in [6.45, 7) is 3.34. The Bertz CT molecular complexity index is 1430. The average molecular weight is 515 g/mol. The third kappa shape index (κ3) is 4.66. The number of urea groups is 2.